The Morgan fingerprint density at radius 3 is 2.47 bits per heavy atom. The number of fused-ring (bicyclic) bond motifs is 1. The van der Waals surface area contributed by atoms with Gasteiger partial charge >= 0.3 is 0 Å². The topological polar surface area (TPSA) is 46.9 Å². The van der Waals surface area contributed by atoms with Crippen LogP contribution in [-0.4, -0.2) is 21.4 Å². The number of aryl methyl sites for hydroxylation is 1. The van der Waals surface area contributed by atoms with Crippen molar-refractivity contribution in [2.24, 2.45) is 7.05 Å². The Labute approximate surface area is 191 Å². The van der Waals surface area contributed by atoms with Crippen molar-refractivity contribution in [3.63, 3.8) is 0 Å². The number of benzene rings is 2. The Morgan fingerprint density at radius 2 is 1.83 bits per heavy atom. The maximum absolute atomic E-state index is 12.4. The highest BCUT2D eigenvalue weighted by molar-refractivity contribution is 8.00. The van der Waals surface area contributed by atoms with E-state index in [9.17, 15) is 4.79 Å². The molecule has 156 valence electrons. The van der Waals surface area contributed by atoms with E-state index in [4.69, 9.17) is 28.3 Å². The fraction of sp³-hybridized carbons (Fsp3) is 0.304. The highest BCUT2D eigenvalue weighted by atomic mass is 35.5. The number of hydrogen-bond donors (Lipinski definition) is 1. The summed E-state index contributed by atoms with van der Waals surface area (Å²) in [5, 5.41) is 8.81. The van der Waals surface area contributed by atoms with Gasteiger partial charge in [-0.3, -0.25) is 9.48 Å². The number of carbonyl (C=O) groups is 1. The first kappa shape index (κ1) is 21.3. The third-order valence-electron chi connectivity index (χ3n) is 5.25. The van der Waals surface area contributed by atoms with E-state index < -0.39 is 0 Å². The molecule has 2 heterocycles. The number of anilines is 1. The van der Waals surface area contributed by atoms with Gasteiger partial charge in [-0.1, -0.05) is 74.3 Å². The van der Waals surface area contributed by atoms with Crippen LogP contribution >= 0.6 is 35.0 Å². The molecule has 7 heteroatoms. The predicted molar refractivity (Wildman–Crippen MR) is 127 cm³/mol. The Kier molecular flexibility index (Phi) is 5.64. The van der Waals surface area contributed by atoms with Gasteiger partial charge in [0.2, 0.25) is 5.91 Å². The number of aromatic nitrogens is 2. The molecule has 2 aromatic carbocycles. The lowest BCUT2D eigenvalue weighted by Crippen LogP contribution is -2.15. The summed E-state index contributed by atoms with van der Waals surface area (Å²) in [6.07, 6.45) is 0. The summed E-state index contributed by atoms with van der Waals surface area (Å²) in [6, 6.07) is 14.0. The molecule has 1 aliphatic rings. The lowest BCUT2D eigenvalue weighted by molar-refractivity contribution is -0.113. The van der Waals surface area contributed by atoms with Crippen LogP contribution in [0.2, 0.25) is 10.0 Å². The second-order valence-corrected chi connectivity index (χ2v) is 10.4. The van der Waals surface area contributed by atoms with Gasteiger partial charge in [0.1, 0.15) is 5.82 Å². The molecule has 0 bridgehead atoms. The second kappa shape index (κ2) is 7.95. The minimum atomic E-state index is -0.144. The van der Waals surface area contributed by atoms with Gasteiger partial charge in [0.25, 0.3) is 0 Å². The van der Waals surface area contributed by atoms with Crippen molar-refractivity contribution >= 4 is 46.7 Å². The maximum Gasteiger partial charge on any atom is 0.235 e. The van der Waals surface area contributed by atoms with Crippen molar-refractivity contribution in [1.29, 1.82) is 0 Å². The van der Waals surface area contributed by atoms with Crippen molar-refractivity contribution < 1.29 is 4.79 Å². The van der Waals surface area contributed by atoms with E-state index in [2.05, 4.69) is 50.4 Å². The molecule has 0 saturated heterocycles. The largest absolute Gasteiger partial charge is 0.310 e. The molecule has 4 nitrogen and oxygen atoms in total. The SMILES string of the molecule is Cn1nc(-c2ccc(C(C)(C)C)cc2)c2c1NC(=O)CSC2c1ccc(Cl)cc1Cl. The average Bonchev–Trinajstić information content (AvgIpc) is 2.88. The summed E-state index contributed by atoms with van der Waals surface area (Å²) in [5.74, 6) is 0.989. The van der Waals surface area contributed by atoms with Gasteiger partial charge in [0, 0.05) is 28.2 Å². The van der Waals surface area contributed by atoms with E-state index in [1.54, 1.807) is 22.5 Å². The summed E-state index contributed by atoms with van der Waals surface area (Å²) >= 11 is 14.2. The molecule has 1 N–H and O–H groups in total. The zero-order chi connectivity index (χ0) is 21.6. The standard InChI is InChI=1S/C23H23Cl2N3OS/c1-23(2,3)14-7-5-13(6-8-14)20-19-21(16-10-9-15(24)11-17(16)25)30-12-18(29)26-22(19)28(4)27-20/h5-11,21H,12H2,1-4H3,(H,26,29). The first-order valence-corrected chi connectivity index (χ1v) is 11.5. The molecule has 0 aliphatic carbocycles. The Bertz CT molecular complexity index is 1120. The smallest absolute Gasteiger partial charge is 0.235 e. The zero-order valence-corrected chi connectivity index (χ0v) is 19.6. The number of rotatable bonds is 2. The summed E-state index contributed by atoms with van der Waals surface area (Å²) in [6.45, 7) is 6.58. The van der Waals surface area contributed by atoms with Crippen molar-refractivity contribution in [2.75, 3.05) is 11.1 Å². The van der Waals surface area contributed by atoms with Gasteiger partial charge in [-0.2, -0.15) is 5.10 Å². The van der Waals surface area contributed by atoms with Crippen molar-refractivity contribution in [3.05, 3.63) is 69.2 Å². The number of hydrogen-bond acceptors (Lipinski definition) is 3. The Balaban J connectivity index is 1.89. The van der Waals surface area contributed by atoms with Gasteiger partial charge in [0.05, 0.1) is 16.7 Å². The molecule has 0 fully saturated rings. The third-order valence-corrected chi connectivity index (χ3v) is 7.07. The minimum Gasteiger partial charge on any atom is -0.310 e. The molecule has 0 spiro atoms. The van der Waals surface area contributed by atoms with Gasteiger partial charge in [-0.15, -0.1) is 11.8 Å². The molecule has 4 rings (SSSR count). The number of carbonyl (C=O) groups excluding carboxylic acids is 1. The summed E-state index contributed by atoms with van der Waals surface area (Å²) < 4.78 is 1.74. The van der Waals surface area contributed by atoms with E-state index in [1.807, 2.05) is 19.2 Å². The van der Waals surface area contributed by atoms with Crippen LogP contribution < -0.4 is 5.32 Å². The second-order valence-electron chi connectivity index (χ2n) is 8.47. The van der Waals surface area contributed by atoms with E-state index in [0.717, 1.165) is 22.4 Å². The van der Waals surface area contributed by atoms with Crippen LogP contribution in [-0.2, 0) is 17.3 Å². The lowest BCUT2D eigenvalue weighted by Gasteiger charge is -2.20. The van der Waals surface area contributed by atoms with Gasteiger partial charge in [0.15, 0.2) is 0 Å². The molecular formula is C23H23Cl2N3OS. The van der Waals surface area contributed by atoms with Crippen LogP contribution in [0.4, 0.5) is 5.82 Å². The van der Waals surface area contributed by atoms with E-state index in [0.29, 0.717) is 21.6 Å². The van der Waals surface area contributed by atoms with E-state index >= 15 is 0 Å². The Morgan fingerprint density at radius 1 is 1.13 bits per heavy atom. The van der Waals surface area contributed by atoms with Crippen molar-refractivity contribution in [1.82, 2.24) is 9.78 Å². The summed E-state index contributed by atoms with van der Waals surface area (Å²) in [4.78, 5) is 12.4. The molecule has 0 saturated carbocycles. The third kappa shape index (κ3) is 3.98. The summed E-state index contributed by atoms with van der Waals surface area (Å²) in [7, 11) is 1.85. The highest BCUT2D eigenvalue weighted by Crippen LogP contribution is 2.48. The van der Waals surface area contributed by atoms with Crippen molar-refractivity contribution in [3.8, 4) is 11.3 Å². The van der Waals surface area contributed by atoms with Crippen LogP contribution in [0.5, 0.6) is 0 Å². The molecule has 30 heavy (non-hydrogen) atoms. The number of thioether (sulfide) groups is 1. The first-order chi connectivity index (χ1) is 14.1. The van der Waals surface area contributed by atoms with E-state index in [1.165, 1.54) is 5.56 Å². The van der Waals surface area contributed by atoms with Crippen LogP contribution in [0.25, 0.3) is 11.3 Å². The van der Waals surface area contributed by atoms with Gasteiger partial charge in [-0.25, -0.2) is 0 Å². The quantitative estimate of drug-likeness (QED) is 0.477. The predicted octanol–water partition coefficient (Wildman–Crippen LogP) is 6.47. The number of nitrogens with zero attached hydrogens (tertiary/aromatic N) is 2. The summed E-state index contributed by atoms with van der Waals surface area (Å²) in [5.41, 5.74) is 5.06. The molecule has 3 aromatic rings. The fourth-order valence-corrected chi connectivity index (χ4v) is 5.40. The highest BCUT2D eigenvalue weighted by Gasteiger charge is 2.32. The zero-order valence-electron chi connectivity index (χ0n) is 17.3. The molecule has 1 aliphatic heterocycles. The van der Waals surface area contributed by atoms with Crippen LogP contribution in [0, 0.1) is 0 Å². The molecular weight excluding hydrogens is 437 g/mol. The number of halogens is 2. The van der Waals surface area contributed by atoms with E-state index in [-0.39, 0.29) is 16.6 Å². The lowest BCUT2D eigenvalue weighted by atomic mass is 9.86. The molecule has 1 unspecified atom stereocenters. The normalized spacial score (nSPS) is 16.7. The van der Waals surface area contributed by atoms with Crippen molar-refractivity contribution in [2.45, 2.75) is 31.4 Å². The monoisotopic (exact) mass is 459 g/mol. The molecule has 1 atom stereocenters. The molecule has 1 aromatic heterocycles. The van der Waals surface area contributed by atoms with Crippen LogP contribution in [0.15, 0.2) is 42.5 Å². The van der Waals surface area contributed by atoms with Gasteiger partial charge in [-0.05, 0) is 28.7 Å². The fourth-order valence-electron chi connectivity index (χ4n) is 3.65. The molecule has 0 radical (unpaired) electrons. The Hall–Kier alpha value is -1.95. The van der Waals surface area contributed by atoms with Crippen LogP contribution in [0.3, 0.4) is 0 Å². The minimum absolute atomic E-state index is 0.0496. The van der Waals surface area contributed by atoms with Gasteiger partial charge < -0.3 is 5.32 Å². The number of amides is 1. The molecule has 1 amide bonds. The maximum atomic E-state index is 12.4. The average molecular weight is 460 g/mol. The number of nitrogens with one attached hydrogen (secondary N) is 1. The van der Waals surface area contributed by atoms with Crippen LogP contribution in [0.1, 0.15) is 42.7 Å². The first-order valence-electron chi connectivity index (χ1n) is 9.69.